The third kappa shape index (κ3) is 6.47. The molecule has 35 heavy (non-hydrogen) atoms. The highest BCUT2D eigenvalue weighted by Gasteiger charge is 2.33. The van der Waals surface area contributed by atoms with E-state index in [0.717, 1.165) is 16.8 Å². The topological polar surface area (TPSA) is 51.1 Å². The SMILES string of the molecule is COc1cc(/C=C2\SC(=Nc3ccc(Cl)cc3)N(CC(C)C)C2=O)ccc1OCc1ccccc1. The van der Waals surface area contributed by atoms with E-state index in [-0.39, 0.29) is 5.91 Å². The number of ether oxygens (including phenoxy) is 2. The molecule has 1 aliphatic heterocycles. The van der Waals surface area contributed by atoms with E-state index in [0.29, 0.717) is 45.7 Å². The Morgan fingerprint density at radius 2 is 1.77 bits per heavy atom. The van der Waals surface area contributed by atoms with Crippen molar-refractivity contribution in [3.8, 4) is 11.5 Å². The summed E-state index contributed by atoms with van der Waals surface area (Å²) in [5, 5.41) is 1.31. The number of nitrogens with zero attached hydrogens (tertiary/aromatic N) is 2. The largest absolute Gasteiger partial charge is 0.493 e. The Hall–Kier alpha value is -3.22. The number of rotatable bonds is 8. The molecule has 5 nitrogen and oxygen atoms in total. The highest BCUT2D eigenvalue weighted by Crippen LogP contribution is 2.36. The van der Waals surface area contributed by atoms with Gasteiger partial charge in [-0.3, -0.25) is 9.69 Å². The van der Waals surface area contributed by atoms with Crippen LogP contribution in [0.4, 0.5) is 5.69 Å². The van der Waals surface area contributed by atoms with E-state index >= 15 is 0 Å². The van der Waals surface area contributed by atoms with Crippen molar-refractivity contribution in [3.05, 3.63) is 93.9 Å². The van der Waals surface area contributed by atoms with Crippen LogP contribution in [0.3, 0.4) is 0 Å². The summed E-state index contributed by atoms with van der Waals surface area (Å²) >= 11 is 7.37. The van der Waals surface area contributed by atoms with Crippen molar-refractivity contribution < 1.29 is 14.3 Å². The van der Waals surface area contributed by atoms with Gasteiger partial charge in [0.2, 0.25) is 0 Å². The molecule has 0 unspecified atom stereocenters. The second-order valence-electron chi connectivity index (χ2n) is 8.48. The molecule has 3 aromatic carbocycles. The molecule has 1 aliphatic rings. The molecular formula is C28H27ClN2O3S. The van der Waals surface area contributed by atoms with Crippen LogP contribution >= 0.6 is 23.4 Å². The van der Waals surface area contributed by atoms with Crippen molar-refractivity contribution in [1.82, 2.24) is 4.90 Å². The molecule has 3 aromatic rings. The summed E-state index contributed by atoms with van der Waals surface area (Å²) in [6.07, 6.45) is 1.87. The first-order valence-corrected chi connectivity index (χ1v) is 12.5. The lowest BCUT2D eigenvalue weighted by Crippen LogP contribution is -2.32. The molecule has 0 radical (unpaired) electrons. The summed E-state index contributed by atoms with van der Waals surface area (Å²) in [7, 11) is 1.61. The summed E-state index contributed by atoms with van der Waals surface area (Å²) in [5.74, 6) is 1.50. The Morgan fingerprint density at radius 3 is 2.46 bits per heavy atom. The second-order valence-corrected chi connectivity index (χ2v) is 9.92. The smallest absolute Gasteiger partial charge is 0.266 e. The predicted molar refractivity (Wildman–Crippen MR) is 144 cm³/mol. The van der Waals surface area contributed by atoms with Gasteiger partial charge in [-0.2, -0.15) is 0 Å². The lowest BCUT2D eigenvalue weighted by atomic mass is 10.1. The molecule has 0 N–H and O–H groups in total. The van der Waals surface area contributed by atoms with Crippen molar-refractivity contribution in [2.24, 2.45) is 10.9 Å². The lowest BCUT2D eigenvalue weighted by Gasteiger charge is -2.17. The van der Waals surface area contributed by atoms with Crippen LogP contribution in [0.15, 0.2) is 82.7 Å². The van der Waals surface area contributed by atoms with Gasteiger partial charge in [-0.25, -0.2) is 4.99 Å². The average molecular weight is 507 g/mol. The fraction of sp³-hybridized carbons (Fsp3) is 0.214. The van der Waals surface area contributed by atoms with Gasteiger partial charge in [-0.15, -0.1) is 0 Å². The van der Waals surface area contributed by atoms with Crippen LogP contribution in [0.25, 0.3) is 6.08 Å². The van der Waals surface area contributed by atoms with Gasteiger partial charge in [-0.1, -0.05) is 61.8 Å². The highest BCUT2D eigenvalue weighted by molar-refractivity contribution is 8.18. The van der Waals surface area contributed by atoms with Crippen molar-refractivity contribution in [2.75, 3.05) is 13.7 Å². The molecule has 7 heteroatoms. The number of halogens is 1. The van der Waals surface area contributed by atoms with Gasteiger partial charge < -0.3 is 9.47 Å². The lowest BCUT2D eigenvalue weighted by molar-refractivity contribution is -0.122. The number of carbonyl (C=O) groups is 1. The summed E-state index contributed by atoms with van der Waals surface area (Å²) in [4.78, 5) is 20.3. The second kappa shape index (κ2) is 11.5. The van der Waals surface area contributed by atoms with Crippen LogP contribution in [0.1, 0.15) is 25.0 Å². The molecular weight excluding hydrogens is 480 g/mol. The van der Waals surface area contributed by atoms with Gasteiger partial charge in [0.15, 0.2) is 16.7 Å². The maximum atomic E-state index is 13.3. The number of hydrogen-bond acceptors (Lipinski definition) is 5. The third-order valence-electron chi connectivity index (χ3n) is 5.21. The van der Waals surface area contributed by atoms with Gasteiger partial charge in [0.05, 0.1) is 17.7 Å². The maximum Gasteiger partial charge on any atom is 0.266 e. The fourth-order valence-electron chi connectivity index (χ4n) is 3.52. The molecule has 0 saturated carbocycles. The molecule has 1 heterocycles. The van der Waals surface area contributed by atoms with Crippen LogP contribution < -0.4 is 9.47 Å². The van der Waals surface area contributed by atoms with Crippen LogP contribution in [0.5, 0.6) is 11.5 Å². The zero-order valence-corrected chi connectivity index (χ0v) is 21.5. The molecule has 0 aromatic heterocycles. The standard InChI is InChI=1S/C28H27ClN2O3S/c1-19(2)17-31-27(32)26(35-28(31)30-23-12-10-22(29)11-13-23)16-21-9-14-24(25(15-21)33-3)34-18-20-7-5-4-6-8-20/h4-16,19H,17-18H2,1-3H3/b26-16-,30-28?. The minimum atomic E-state index is -0.0558. The quantitative estimate of drug-likeness (QED) is 0.303. The highest BCUT2D eigenvalue weighted by atomic mass is 35.5. The Morgan fingerprint density at radius 1 is 1.03 bits per heavy atom. The summed E-state index contributed by atoms with van der Waals surface area (Å²) in [6.45, 7) is 5.20. The molecule has 0 bridgehead atoms. The molecule has 1 saturated heterocycles. The Bertz CT molecular complexity index is 1240. The first-order valence-electron chi connectivity index (χ1n) is 11.3. The number of amides is 1. The van der Waals surface area contributed by atoms with E-state index in [2.05, 4.69) is 13.8 Å². The van der Waals surface area contributed by atoms with Gasteiger partial charge in [0, 0.05) is 11.6 Å². The van der Waals surface area contributed by atoms with E-state index < -0.39 is 0 Å². The molecule has 180 valence electrons. The Kier molecular flexibility index (Phi) is 8.16. The van der Waals surface area contributed by atoms with E-state index in [1.54, 1.807) is 24.1 Å². The van der Waals surface area contributed by atoms with Gasteiger partial charge in [0.25, 0.3) is 5.91 Å². The molecule has 0 aliphatic carbocycles. The minimum absolute atomic E-state index is 0.0558. The number of amidine groups is 1. The zero-order chi connectivity index (χ0) is 24.8. The van der Waals surface area contributed by atoms with E-state index in [9.17, 15) is 4.79 Å². The predicted octanol–water partition coefficient (Wildman–Crippen LogP) is 7.19. The number of hydrogen-bond donors (Lipinski definition) is 0. The summed E-state index contributed by atoms with van der Waals surface area (Å²) in [6, 6.07) is 22.9. The molecule has 0 spiro atoms. The van der Waals surface area contributed by atoms with Crippen LogP contribution in [0.2, 0.25) is 5.02 Å². The van der Waals surface area contributed by atoms with E-state index in [1.165, 1.54) is 11.8 Å². The van der Waals surface area contributed by atoms with Crippen molar-refractivity contribution in [1.29, 1.82) is 0 Å². The van der Waals surface area contributed by atoms with Crippen molar-refractivity contribution in [2.45, 2.75) is 20.5 Å². The number of benzene rings is 3. The van der Waals surface area contributed by atoms with Crippen molar-refractivity contribution in [3.63, 3.8) is 0 Å². The first kappa shape index (κ1) is 24.9. The van der Waals surface area contributed by atoms with E-state index in [4.69, 9.17) is 26.1 Å². The van der Waals surface area contributed by atoms with E-state index in [1.807, 2.05) is 66.7 Å². The zero-order valence-electron chi connectivity index (χ0n) is 19.9. The summed E-state index contributed by atoms with van der Waals surface area (Å²) < 4.78 is 11.5. The van der Waals surface area contributed by atoms with Gasteiger partial charge >= 0.3 is 0 Å². The number of carbonyl (C=O) groups excluding carboxylic acids is 1. The Balaban J connectivity index is 1.57. The Labute approximate surface area is 215 Å². The van der Waals surface area contributed by atoms with Gasteiger partial charge in [0.1, 0.15) is 6.61 Å². The van der Waals surface area contributed by atoms with Crippen LogP contribution in [-0.2, 0) is 11.4 Å². The third-order valence-corrected chi connectivity index (χ3v) is 6.47. The average Bonchev–Trinajstić information content (AvgIpc) is 3.13. The monoisotopic (exact) mass is 506 g/mol. The first-order chi connectivity index (χ1) is 16.9. The summed E-state index contributed by atoms with van der Waals surface area (Å²) in [5.41, 5.74) is 2.68. The van der Waals surface area contributed by atoms with Gasteiger partial charge in [-0.05, 0) is 71.3 Å². The number of methoxy groups -OCH3 is 1. The van der Waals surface area contributed by atoms with Crippen molar-refractivity contribution >= 4 is 46.2 Å². The normalized spacial score (nSPS) is 15.9. The minimum Gasteiger partial charge on any atom is -0.493 e. The van der Waals surface area contributed by atoms with Crippen LogP contribution in [0, 0.1) is 5.92 Å². The molecule has 0 atom stereocenters. The molecule has 4 rings (SSSR count). The maximum absolute atomic E-state index is 13.3. The molecule has 1 fully saturated rings. The molecule has 1 amide bonds. The number of aliphatic imine (C=N–C) groups is 1. The fourth-order valence-corrected chi connectivity index (χ4v) is 4.66. The number of thioether (sulfide) groups is 1. The van der Waals surface area contributed by atoms with Crippen LogP contribution in [-0.4, -0.2) is 29.6 Å².